The molecule has 3 heterocycles. The van der Waals surface area contributed by atoms with Gasteiger partial charge in [0.1, 0.15) is 0 Å². The third kappa shape index (κ3) is 3.09. The van der Waals surface area contributed by atoms with Gasteiger partial charge in [0, 0.05) is 56.4 Å². The molecule has 0 spiro atoms. The van der Waals surface area contributed by atoms with Crippen LogP contribution < -0.4 is 4.90 Å². The number of benzene rings is 1. The smallest absolute Gasteiger partial charge is 0.0561 e. The van der Waals surface area contributed by atoms with E-state index in [0.29, 0.717) is 5.92 Å². The maximum Gasteiger partial charge on any atom is 0.0561 e. The third-order valence-electron chi connectivity index (χ3n) is 6.88. The van der Waals surface area contributed by atoms with Gasteiger partial charge >= 0.3 is 0 Å². The van der Waals surface area contributed by atoms with E-state index in [4.69, 9.17) is 9.47 Å². The van der Waals surface area contributed by atoms with E-state index >= 15 is 0 Å². The Kier molecular flexibility index (Phi) is 4.78. The van der Waals surface area contributed by atoms with Gasteiger partial charge in [0.25, 0.3) is 0 Å². The van der Waals surface area contributed by atoms with Crippen LogP contribution in [0, 0.1) is 25.2 Å². The van der Waals surface area contributed by atoms with E-state index in [1.165, 1.54) is 49.3 Å². The fourth-order valence-corrected chi connectivity index (χ4v) is 5.19. The summed E-state index contributed by atoms with van der Waals surface area (Å²) in [6.45, 7) is 11.8. The Morgan fingerprint density at radius 1 is 1.24 bits per heavy atom. The van der Waals surface area contributed by atoms with Gasteiger partial charge in [-0.15, -0.1) is 0 Å². The van der Waals surface area contributed by atoms with Gasteiger partial charge in [0.05, 0.1) is 19.8 Å². The first-order valence-corrected chi connectivity index (χ1v) is 9.75. The van der Waals surface area contributed by atoms with Crippen LogP contribution in [0.5, 0.6) is 0 Å². The number of fused-ring (bicyclic) bond motifs is 1. The van der Waals surface area contributed by atoms with E-state index in [0.717, 1.165) is 32.4 Å². The summed E-state index contributed by atoms with van der Waals surface area (Å²) in [6.07, 6.45) is 2.54. The van der Waals surface area contributed by atoms with Crippen LogP contribution in [0.2, 0.25) is 0 Å². The number of piperidine rings is 1. The van der Waals surface area contributed by atoms with Crippen molar-refractivity contribution in [3.05, 3.63) is 29.3 Å². The molecule has 0 saturated carbocycles. The molecule has 1 aromatic rings. The number of hydrogen-bond acceptors (Lipinski definition) is 4. The molecule has 0 unspecified atom stereocenters. The van der Waals surface area contributed by atoms with Crippen molar-refractivity contribution in [2.24, 2.45) is 11.3 Å². The number of aryl methyl sites for hydroxylation is 1. The zero-order valence-electron chi connectivity index (χ0n) is 16.0. The molecule has 25 heavy (non-hydrogen) atoms. The SMILES string of the molecule is COC[C@@]12COC[C@@H]1CN(C1CCN(c3cccc(C)c3C)CC1)C2. The fourth-order valence-electron chi connectivity index (χ4n) is 5.19. The molecule has 1 aromatic carbocycles. The summed E-state index contributed by atoms with van der Waals surface area (Å²) < 4.78 is 11.3. The van der Waals surface area contributed by atoms with Crippen LogP contribution in [0.3, 0.4) is 0 Å². The van der Waals surface area contributed by atoms with Crippen LogP contribution in [-0.4, -0.2) is 64.1 Å². The molecular weight excluding hydrogens is 312 g/mol. The van der Waals surface area contributed by atoms with Crippen molar-refractivity contribution in [2.45, 2.75) is 32.7 Å². The minimum atomic E-state index is 0.249. The zero-order valence-corrected chi connectivity index (χ0v) is 16.0. The molecule has 4 nitrogen and oxygen atoms in total. The lowest BCUT2D eigenvalue weighted by atomic mass is 9.82. The summed E-state index contributed by atoms with van der Waals surface area (Å²) in [7, 11) is 1.83. The van der Waals surface area contributed by atoms with Crippen LogP contribution in [0.1, 0.15) is 24.0 Å². The van der Waals surface area contributed by atoms with Gasteiger partial charge in [0.2, 0.25) is 0 Å². The third-order valence-corrected chi connectivity index (χ3v) is 6.88. The van der Waals surface area contributed by atoms with Crippen molar-refractivity contribution < 1.29 is 9.47 Å². The van der Waals surface area contributed by atoms with Crippen molar-refractivity contribution in [3.8, 4) is 0 Å². The van der Waals surface area contributed by atoms with Crippen molar-refractivity contribution >= 4 is 5.69 Å². The minimum absolute atomic E-state index is 0.249. The van der Waals surface area contributed by atoms with Gasteiger partial charge in [-0.2, -0.15) is 0 Å². The summed E-state index contributed by atoms with van der Waals surface area (Å²) in [5.41, 5.74) is 4.52. The first-order valence-electron chi connectivity index (χ1n) is 9.75. The summed E-state index contributed by atoms with van der Waals surface area (Å²) in [6, 6.07) is 7.42. The van der Waals surface area contributed by atoms with Crippen molar-refractivity contribution in [3.63, 3.8) is 0 Å². The highest BCUT2D eigenvalue weighted by Crippen LogP contribution is 2.43. The van der Waals surface area contributed by atoms with Gasteiger partial charge in [-0.25, -0.2) is 0 Å². The highest BCUT2D eigenvalue weighted by molar-refractivity contribution is 5.56. The number of anilines is 1. The second-order valence-corrected chi connectivity index (χ2v) is 8.37. The molecule has 4 heteroatoms. The summed E-state index contributed by atoms with van der Waals surface area (Å²) in [5.74, 6) is 0.657. The lowest BCUT2D eigenvalue weighted by Crippen LogP contribution is -2.45. The molecule has 4 rings (SSSR count). The number of likely N-dealkylation sites (tertiary alicyclic amines) is 1. The maximum absolute atomic E-state index is 5.79. The molecule has 138 valence electrons. The Hall–Kier alpha value is -1.10. The monoisotopic (exact) mass is 344 g/mol. The molecule has 3 aliphatic rings. The Morgan fingerprint density at radius 2 is 2.04 bits per heavy atom. The second-order valence-electron chi connectivity index (χ2n) is 8.37. The zero-order chi connectivity index (χ0) is 17.4. The van der Waals surface area contributed by atoms with E-state index < -0.39 is 0 Å². The van der Waals surface area contributed by atoms with E-state index in [1.807, 2.05) is 7.11 Å². The molecule has 3 fully saturated rings. The Morgan fingerprint density at radius 3 is 2.80 bits per heavy atom. The molecule has 0 aromatic heterocycles. The van der Waals surface area contributed by atoms with Crippen LogP contribution in [-0.2, 0) is 9.47 Å². The van der Waals surface area contributed by atoms with Gasteiger partial charge in [-0.05, 0) is 43.9 Å². The summed E-state index contributed by atoms with van der Waals surface area (Å²) >= 11 is 0. The molecule has 3 saturated heterocycles. The first-order chi connectivity index (χ1) is 12.1. The van der Waals surface area contributed by atoms with Crippen molar-refractivity contribution in [1.29, 1.82) is 0 Å². The van der Waals surface area contributed by atoms with Crippen LogP contribution in [0.15, 0.2) is 18.2 Å². The Balaban J connectivity index is 1.39. The molecule has 0 amide bonds. The molecule has 3 aliphatic heterocycles. The average Bonchev–Trinajstić information content (AvgIpc) is 3.15. The van der Waals surface area contributed by atoms with E-state index in [1.54, 1.807) is 0 Å². The van der Waals surface area contributed by atoms with E-state index in [9.17, 15) is 0 Å². The first kappa shape index (κ1) is 17.3. The molecular formula is C21H32N2O2. The number of hydrogen-bond donors (Lipinski definition) is 0. The normalized spacial score (nSPS) is 30.8. The van der Waals surface area contributed by atoms with Gasteiger partial charge in [-0.1, -0.05) is 12.1 Å². The number of nitrogens with zero attached hydrogens (tertiary/aromatic N) is 2. The lowest BCUT2D eigenvalue weighted by Gasteiger charge is -2.39. The highest BCUT2D eigenvalue weighted by Gasteiger charge is 2.52. The molecule has 0 bridgehead atoms. The predicted molar refractivity (Wildman–Crippen MR) is 101 cm³/mol. The Bertz CT molecular complexity index is 612. The maximum atomic E-state index is 5.79. The highest BCUT2D eigenvalue weighted by atomic mass is 16.5. The average molecular weight is 344 g/mol. The molecule has 0 aliphatic carbocycles. The van der Waals surface area contributed by atoms with Crippen molar-refractivity contribution in [1.82, 2.24) is 4.90 Å². The van der Waals surface area contributed by atoms with Gasteiger partial charge < -0.3 is 14.4 Å². The Labute approximate surface area is 152 Å². The molecule has 2 atom stereocenters. The topological polar surface area (TPSA) is 24.9 Å². The second kappa shape index (κ2) is 6.90. The number of rotatable bonds is 4. The number of ether oxygens (including phenoxy) is 2. The van der Waals surface area contributed by atoms with E-state index in [2.05, 4.69) is 41.8 Å². The van der Waals surface area contributed by atoms with Crippen LogP contribution in [0.25, 0.3) is 0 Å². The largest absolute Gasteiger partial charge is 0.384 e. The quantitative estimate of drug-likeness (QED) is 0.838. The molecule has 0 radical (unpaired) electrons. The standard InChI is InChI=1S/C21H32N2O2/c1-16-5-4-6-20(17(16)2)22-9-7-19(8-10-22)23-11-18-12-25-15-21(18,13-23)14-24-3/h4-6,18-19H,7-15H2,1-3H3/t18-,21-/m0/s1. The lowest BCUT2D eigenvalue weighted by molar-refractivity contribution is 0.0469. The summed E-state index contributed by atoms with van der Waals surface area (Å²) in [5, 5.41) is 0. The van der Waals surface area contributed by atoms with Gasteiger partial charge in [0.15, 0.2) is 0 Å². The van der Waals surface area contributed by atoms with E-state index in [-0.39, 0.29) is 5.41 Å². The minimum Gasteiger partial charge on any atom is -0.384 e. The summed E-state index contributed by atoms with van der Waals surface area (Å²) in [4.78, 5) is 5.33. The predicted octanol–water partition coefficient (Wildman–Crippen LogP) is 2.87. The number of methoxy groups -OCH3 is 1. The van der Waals surface area contributed by atoms with Crippen LogP contribution in [0.4, 0.5) is 5.69 Å². The van der Waals surface area contributed by atoms with Gasteiger partial charge in [-0.3, -0.25) is 4.90 Å². The van der Waals surface area contributed by atoms with Crippen LogP contribution >= 0.6 is 0 Å². The van der Waals surface area contributed by atoms with Crippen molar-refractivity contribution in [2.75, 3.05) is 58.0 Å². The fraction of sp³-hybridized carbons (Fsp3) is 0.714. The molecule has 0 N–H and O–H groups in total.